The summed E-state index contributed by atoms with van der Waals surface area (Å²) in [6.45, 7) is 3.26. The van der Waals surface area contributed by atoms with Crippen LogP contribution in [0.25, 0.3) is 32.9 Å². The molecule has 3 fully saturated rings. The summed E-state index contributed by atoms with van der Waals surface area (Å²) in [7, 11) is 0. The summed E-state index contributed by atoms with van der Waals surface area (Å²) < 4.78 is 63.8. The van der Waals surface area contributed by atoms with E-state index in [4.69, 9.17) is 10.8 Å². The summed E-state index contributed by atoms with van der Waals surface area (Å²) in [5.41, 5.74) is -0.762. The first-order valence-electron chi connectivity index (χ1n) is 16.9. The third-order valence-corrected chi connectivity index (χ3v) is 9.80. The van der Waals surface area contributed by atoms with Crippen molar-refractivity contribution in [2.75, 3.05) is 39.4 Å². The lowest BCUT2D eigenvalue weighted by Gasteiger charge is -2.36. The molecule has 3 aliphatic rings. The highest BCUT2D eigenvalue weighted by atomic mass is 19.1. The minimum Gasteiger partial charge on any atom is -0.463 e. The van der Waals surface area contributed by atoms with Crippen LogP contribution in [0.2, 0.25) is 0 Å². The molecule has 48 heavy (non-hydrogen) atoms. The molecule has 2 unspecified atom stereocenters. The molecule has 3 aliphatic heterocycles. The van der Waals surface area contributed by atoms with Crippen molar-refractivity contribution in [1.29, 1.82) is 0 Å². The number of carbonyl (C=O) groups excluding carboxylic acids is 1. The molecule has 0 aliphatic carbocycles. The Balaban J connectivity index is 1.10. The molecule has 3 N–H and O–H groups in total. The number of halogens is 3. The predicted molar refractivity (Wildman–Crippen MR) is 175 cm³/mol. The average molecular weight is 666 g/mol. The third-order valence-electron chi connectivity index (χ3n) is 9.80. The largest absolute Gasteiger partial charge is 0.463 e. The molecule has 0 radical (unpaired) electrons. The fraction of sp³-hybridized carbons (Fsp3) is 0.486. The number of hydrogen-bond donors (Lipinski definition) is 3. The number of alkyl halides is 2. The van der Waals surface area contributed by atoms with E-state index in [0.717, 1.165) is 35.7 Å². The quantitative estimate of drug-likeness (QED) is 0.214. The number of hydrogen-bond acceptors (Lipinski definition) is 8. The maximum Gasteiger partial charge on any atom is 0.407 e. The van der Waals surface area contributed by atoms with E-state index in [-0.39, 0.29) is 48.8 Å². The van der Waals surface area contributed by atoms with Gasteiger partial charge in [-0.2, -0.15) is 4.98 Å². The van der Waals surface area contributed by atoms with Gasteiger partial charge >= 0.3 is 6.09 Å². The Bertz CT molecular complexity index is 1960. The van der Waals surface area contributed by atoms with E-state index < -0.39 is 40.9 Å². The summed E-state index contributed by atoms with van der Waals surface area (Å²) in [6, 6.07) is 11.1. The van der Waals surface area contributed by atoms with Crippen molar-refractivity contribution in [2.24, 2.45) is 0 Å². The number of aryl methyl sites for hydroxylation is 1. The number of fused-ring (bicyclic) bond motifs is 3. The highest BCUT2D eigenvalue weighted by molar-refractivity contribution is 5.99. The number of piperidine rings is 1. The molecule has 254 valence electrons. The van der Waals surface area contributed by atoms with Gasteiger partial charge in [0.2, 0.25) is 0 Å². The number of benzene rings is 2. The predicted octanol–water partition coefficient (Wildman–Crippen LogP) is 4.98. The van der Waals surface area contributed by atoms with Crippen molar-refractivity contribution in [1.82, 2.24) is 30.5 Å². The zero-order chi connectivity index (χ0) is 34.4. The number of nitrogens with zero attached hydrogens (tertiary/aromatic N) is 3. The van der Waals surface area contributed by atoms with Crippen LogP contribution in [-0.2, 0) is 11.2 Å². The Morgan fingerprint density at radius 2 is 2.06 bits per heavy atom. The molecule has 3 saturated heterocycles. The number of alkyl carbamates (subject to hydrolysis) is 1. The number of amides is 1. The first-order valence-corrected chi connectivity index (χ1v) is 16.4. The topological polar surface area (TPSA) is 121 Å². The maximum absolute atomic E-state index is 16.4. The van der Waals surface area contributed by atoms with Crippen LogP contribution < -0.4 is 20.9 Å². The summed E-state index contributed by atoms with van der Waals surface area (Å²) in [6.07, 6.45) is 0.345. The molecule has 1 amide bonds. The van der Waals surface area contributed by atoms with Gasteiger partial charge in [0, 0.05) is 44.2 Å². The third kappa shape index (κ3) is 6.33. The van der Waals surface area contributed by atoms with Crippen molar-refractivity contribution < 1.29 is 28.8 Å². The zero-order valence-electron chi connectivity index (χ0n) is 27.7. The molecule has 4 aromatic rings. The van der Waals surface area contributed by atoms with Crippen molar-refractivity contribution in [3.8, 4) is 17.3 Å². The number of carbonyl (C=O) groups is 1. The number of H-pyrrole nitrogens is 1. The number of pyridine rings is 1. The molecule has 7 rings (SSSR count). The van der Waals surface area contributed by atoms with Crippen LogP contribution in [0.15, 0.2) is 47.4 Å². The zero-order valence-corrected chi connectivity index (χ0v) is 26.7. The Kier molecular flexibility index (Phi) is 8.41. The van der Waals surface area contributed by atoms with Gasteiger partial charge in [-0.15, -0.1) is 0 Å². The van der Waals surface area contributed by atoms with E-state index in [1.165, 1.54) is 6.20 Å². The van der Waals surface area contributed by atoms with E-state index in [0.29, 0.717) is 37.9 Å². The van der Waals surface area contributed by atoms with Crippen LogP contribution >= 0.6 is 0 Å². The van der Waals surface area contributed by atoms with E-state index in [1.54, 1.807) is 19.1 Å². The van der Waals surface area contributed by atoms with E-state index in [9.17, 15) is 18.4 Å². The lowest BCUT2D eigenvalue weighted by atomic mass is 9.91. The average Bonchev–Trinajstić information content (AvgIpc) is 3.57. The minimum absolute atomic E-state index is 0.0207. The molecule has 4 atom stereocenters. The Hall–Kier alpha value is -4.23. The summed E-state index contributed by atoms with van der Waals surface area (Å²) in [4.78, 5) is 38.9. The molecule has 5 heterocycles. The van der Waals surface area contributed by atoms with Gasteiger partial charge in [0.25, 0.3) is 11.6 Å². The van der Waals surface area contributed by atoms with Gasteiger partial charge in [0.05, 0.1) is 24.4 Å². The van der Waals surface area contributed by atoms with Crippen LogP contribution in [0.1, 0.15) is 46.0 Å². The van der Waals surface area contributed by atoms with Crippen LogP contribution in [0, 0.1) is 5.82 Å². The van der Waals surface area contributed by atoms with Crippen LogP contribution in [0.3, 0.4) is 0 Å². The molecule has 0 spiro atoms. The highest BCUT2D eigenvalue weighted by Crippen LogP contribution is 2.40. The second-order valence-corrected chi connectivity index (χ2v) is 13.5. The van der Waals surface area contributed by atoms with Gasteiger partial charge in [0.15, 0.2) is 5.82 Å². The Labute approximate surface area is 276 Å². The summed E-state index contributed by atoms with van der Waals surface area (Å²) >= 11 is 0. The molecule has 13 heteroatoms. The lowest BCUT2D eigenvalue weighted by Crippen LogP contribution is -2.58. The fourth-order valence-electron chi connectivity index (χ4n) is 7.60. The molecule has 2 aromatic heterocycles. The van der Waals surface area contributed by atoms with Gasteiger partial charge in [-0.25, -0.2) is 18.0 Å². The summed E-state index contributed by atoms with van der Waals surface area (Å²) in [5, 5.41) is 7.11. The first-order chi connectivity index (χ1) is 23.4. The van der Waals surface area contributed by atoms with E-state index >= 15 is 4.39 Å². The van der Waals surface area contributed by atoms with Gasteiger partial charge in [0.1, 0.15) is 30.1 Å². The van der Waals surface area contributed by atoms with Crippen molar-refractivity contribution in [3.05, 3.63) is 64.3 Å². The monoisotopic (exact) mass is 665 g/mol. The minimum atomic E-state index is -2.18. The molecular formula is C35H39F3N6O4. The van der Waals surface area contributed by atoms with Crippen molar-refractivity contribution in [3.63, 3.8) is 0 Å². The van der Waals surface area contributed by atoms with E-state index in [2.05, 4.69) is 30.5 Å². The lowest BCUT2D eigenvalue weighted by molar-refractivity contribution is 0.107. The second kappa shape index (κ2) is 13.0. The second-order valence-electron chi connectivity index (χ2n) is 13.5. The number of nitrogens with one attached hydrogen (secondary N) is 3. The van der Waals surface area contributed by atoms with Gasteiger partial charge < -0.3 is 20.1 Å². The van der Waals surface area contributed by atoms with Gasteiger partial charge in [-0.1, -0.05) is 36.4 Å². The number of ether oxygens (including phenoxy) is 2. The molecule has 2 aromatic carbocycles. The molecule has 0 saturated carbocycles. The first kappa shape index (κ1) is 31.1. The maximum atomic E-state index is 16.4. The van der Waals surface area contributed by atoms with Crippen LogP contribution in [0.5, 0.6) is 6.01 Å². The number of aromatic amines is 1. The molecule has 0 bridgehead atoms. The fourth-order valence-corrected chi connectivity index (χ4v) is 7.60. The smallest absolute Gasteiger partial charge is 0.407 e. The normalized spacial score (nSPS) is 27.6. The number of aromatic nitrogens is 3. The van der Waals surface area contributed by atoms with Crippen molar-refractivity contribution >= 4 is 27.8 Å². The standard InChI is InChI=1S/C35H39F3N6O4/c1-34(14-23(36)16-39-19-34)43-33(46)47-13-4-9-22-7-2-6-21-8-3-10-25(27(21)22)29-28(38)30-26(17-40-29)31(45)42-32(41-30)48-20-35-11-5-12-44(35)18-24(37)15-35/h2-3,6-8,10,17,23-24,39H,4-5,9,11-16,18-20H2,1H3,(H,43,46)(H,41,42,45)/t23?,24-,34?,35+/m1/s1/i23D. The van der Waals surface area contributed by atoms with E-state index in [1.807, 2.05) is 24.3 Å². The van der Waals surface area contributed by atoms with Gasteiger partial charge in [-0.05, 0) is 55.5 Å². The highest BCUT2D eigenvalue weighted by Gasteiger charge is 2.49. The van der Waals surface area contributed by atoms with Crippen molar-refractivity contribution in [2.45, 2.75) is 68.8 Å². The SMILES string of the molecule is [2H]C1(F)CNCC(C)(NC(=O)OCCCc2cccc3cccc(-c4ncc5c(=O)[nH]c(OC[C@@]67CCCN6C[C@H](F)C7)nc5c4F)c23)C1. The Morgan fingerprint density at radius 1 is 1.23 bits per heavy atom. The number of rotatable bonds is 9. The van der Waals surface area contributed by atoms with Crippen LogP contribution in [-0.4, -0.2) is 88.7 Å². The van der Waals surface area contributed by atoms with Gasteiger partial charge in [-0.3, -0.25) is 19.7 Å². The Morgan fingerprint density at radius 3 is 2.90 bits per heavy atom. The summed E-state index contributed by atoms with van der Waals surface area (Å²) in [5.74, 6) is -0.767. The van der Waals surface area contributed by atoms with Crippen LogP contribution in [0.4, 0.5) is 18.0 Å². The molecule has 10 nitrogen and oxygen atoms in total. The molecular weight excluding hydrogens is 625 g/mol.